The zero-order chi connectivity index (χ0) is 12.7. The van der Waals surface area contributed by atoms with Crippen molar-refractivity contribution in [1.29, 1.82) is 0 Å². The lowest BCUT2D eigenvalue weighted by atomic mass is 9.98. The Hall–Kier alpha value is -1.64. The lowest BCUT2D eigenvalue weighted by Crippen LogP contribution is -2.18. The number of benzene rings is 1. The van der Waals surface area contributed by atoms with Crippen molar-refractivity contribution in [2.24, 2.45) is 17.8 Å². The molecular formula is C16H19N3. The van der Waals surface area contributed by atoms with Gasteiger partial charge in [-0.25, -0.2) is 4.98 Å². The third-order valence-corrected chi connectivity index (χ3v) is 4.42. The van der Waals surface area contributed by atoms with Gasteiger partial charge in [-0.15, -0.1) is 0 Å². The molecule has 1 heterocycles. The minimum absolute atomic E-state index is 0.869. The first-order chi connectivity index (χ1) is 9.40. The fourth-order valence-electron chi connectivity index (χ4n) is 3.03. The van der Waals surface area contributed by atoms with Crippen LogP contribution in [0.1, 0.15) is 25.7 Å². The zero-order valence-corrected chi connectivity index (χ0v) is 11.0. The third kappa shape index (κ3) is 2.42. The second-order valence-electron chi connectivity index (χ2n) is 5.96. The van der Waals surface area contributed by atoms with E-state index in [0.717, 1.165) is 41.1 Å². The van der Waals surface area contributed by atoms with Crippen LogP contribution in [-0.4, -0.2) is 16.5 Å². The van der Waals surface area contributed by atoms with Crippen molar-refractivity contribution >= 4 is 16.9 Å². The van der Waals surface area contributed by atoms with Crippen LogP contribution < -0.4 is 5.32 Å². The number of anilines is 1. The molecule has 1 aromatic heterocycles. The number of para-hydroxylation sites is 2. The Bertz CT molecular complexity index is 575. The quantitative estimate of drug-likeness (QED) is 0.886. The maximum absolute atomic E-state index is 4.63. The van der Waals surface area contributed by atoms with E-state index < -0.39 is 0 Å². The fraction of sp³-hybridized carbons (Fsp3) is 0.500. The molecule has 0 spiro atoms. The maximum Gasteiger partial charge on any atom is 0.145 e. The Kier molecular flexibility index (Phi) is 2.64. The molecule has 3 nitrogen and oxygen atoms in total. The molecule has 2 saturated carbocycles. The summed E-state index contributed by atoms with van der Waals surface area (Å²) in [6, 6.07) is 8.04. The topological polar surface area (TPSA) is 37.8 Å². The van der Waals surface area contributed by atoms with Gasteiger partial charge in [0.05, 0.1) is 17.2 Å². The normalized spacial score (nSPS) is 19.0. The molecule has 98 valence electrons. The van der Waals surface area contributed by atoms with Gasteiger partial charge in [-0.3, -0.25) is 4.98 Å². The Balaban J connectivity index is 1.48. The van der Waals surface area contributed by atoms with E-state index in [-0.39, 0.29) is 0 Å². The van der Waals surface area contributed by atoms with Crippen molar-refractivity contribution in [2.45, 2.75) is 25.7 Å². The number of nitrogens with zero attached hydrogens (tertiary/aromatic N) is 2. The van der Waals surface area contributed by atoms with E-state index in [9.17, 15) is 0 Å². The standard InChI is InChI=1S/C16H19N3/c1-2-4-15-14(3-1)17-10-16(19-15)18-9-13(11-5-6-11)12-7-8-12/h1-4,10-13H,5-9H2,(H,18,19). The minimum Gasteiger partial charge on any atom is -0.368 e. The van der Waals surface area contributed by atoms with Gasteiger partial charge in [0, 0.05) is 6.54 Å². The highest BCUT2D eigenvalue weighted by atomic mass is 15.0. The number of nitrogens with one attached hydrogen (secondary N) is 1. The molecule has 19 heavy (non-hydrogen) atoms. The van der Waals surface area contributed by atoms with Crippen molar-refractivity contribution < 1.29 is 0 Å². The molecule has 2 aromatic rings. The second kappa shape index (κ2) is 4.48. The van der Waals surface area contributed by atoms with Crippen LogP contribution in [0.2, 0.25) is 0 Å². The molecule has 3 heteroatoms. The van der Waals surface area contributed by atoms with E-state index in [1.165, 1.54) is 25.7 Å². The van der Waals surface area contributed by atoms with Crippen LogP contribution in [0.15, 0.2) is 30.5 Å². The van der Waals surface area contributed by atoms with E-state index in [0.29, 0.717) is 0 Å². The minimum atomic E-state index is 0.869. The van der Waals surface area contributed by atoms with E-state index >= 15 is 0 Å². The molecule has 0 amide bonds. The molecule has 0 atom stereocenters. The first-order valence-corrected chi connectivity index (χ1v) is 7.36. The summed E-state index contributed by atoms with van der Waals surface area (Å²) < 4.78 is 0. The number of fused-ring (bicyclic) bond motifs is 1. The lowest BCUT2D eigenvalue weighted by molar-refractivity contribution is 0.427. The van der Waals surface area contributed by atoms with Gasteiger partial charge >= 0.3 is 0 Å². The van der Waals surface area contributed by atoms with Crippen LogP contribution in [-0.2, 0) is 0 Å². The predicted octanol–water partition coefficient (Wildman–Crippen LogP) is 3.48. The van der Waals surface area contributed by atoms with Crippen LogP contribution in [0.25, 0.3) is 11.0 Å². The summed E-state index contributed by atoms with van der Waals surface area (Å²) in [5.74, 6) is 3.75. The van der Waals surface area contributed by atoms with Gasteiger partial charge in [0.1, 0.15) is 5.82 Å². The van der Waals surface area contributed by atoms with Crippen LogP contribution >= 0.6 is 0 Å². The van der Waals surface area contributed by atoms with Crippen molar-refractivity contribution in [3.05, 3.63) is 30.5 Å². The summed E-state index contributed by atoms with van der Waals surface area (Å²) in [5.41, 5.74) is 1.94. The molecule has 0 saturated heterocycles. The largest absolute Gasteiger partial charge is 0.368 e. The average molecular weight is 253 g/mol. The summed E-state index contributed by atoms with van der Waals surface area (Å²) >= 11 is 0. The Labute approximate surface area is 113 Å². The van der Waals surface area contributed by atoms with Gasteiger partial charge in [-0.1, -0.05) is 12.1 Å². The van der Waals surface area contributed by atoms with Crippen molar-refractivity contribution in [3.63, 3.8) is 0 Å². The SMILES string of the molecule is c1ccc2nc(NCC(C3CC3)C3CC3)cnc2c1. The second-order valence-corrected chi connectivity index (χ2v) is 5.96. The van der Waals surface area contributed by atoms with E-state index in [1.807, 2.05) is 30.5 Å². The molecule has 0 unspecified atom stereocenters. The molecule has 0 bridgehead atoms. The average Bonchev–Trinajstić information content (AvgIpc) is 3.32. The highest BCUT2D eigenvalue weighted by Crippen LogP contribution is 2.49. The molecule has 0 aliphatic heterocycles. The molecular weight excluding hydrogens is 234 g/mol. The van der Waals surface area contributed by atoms with E-state index in [2.05, 4.69) is 15.3 Å². The Morgan fingerprint density at radius 1 is 1.05 bits per heavy atom. The number of rotatable bonds is 5. The first-order valence-electron chi connectivity index (χ1n) is 7.36. The van der Waals surface area contributed by atoms with Gasteiger partial charge in [0.15, 0.2) is 0 Å². The van der Waals surface area contributed by atoms with Crippen molar-refractivity contribution in [3.8, 4) is 0 Å². The smallest absolute Gasteiger partial charge is 0.145 e. The van der Waals surface area contributed by atoms with Crippen molar-refractivity contribution in [2.75, 3.05) is 11.9 Å². The molecule has 0 radical (unpaired) electrons. The van der Waals surface area contributed by atoms with Crippen LogP contribution in [0.4, 0.5) is 5.82 Å². The summed E-state index contributed by atoms with van der Waals surface area (Å²) in [6.07, 6.45) is 7.61. The van der Waals surface area contributed by atoms with Gasteiger partial charge in [-0.2, -0.15) is 0 Å². The summed E-state index contributed by atoms with van der Waals surface area (Å²) in [5, 5.41) is 3.51. The molecule has 2 aliphatic rings. The molecule has 2 fully saturated rings. The van der Waals surface area contributed by atoms with Crippen LogP contribution in [0.5, 0.6) is 0 Å². The van der Waals surface area contributed by atoms with Gasteiger partial charge in [-0.05, 0) is 55.6 Å². The Morgan fingerprint density at radius 2 is 1.74 bits per heavy atom. The first kappa shape index (κ1) is 11.2. The summed E-state index contributed by atoms with van der Waals surface area (Å²) in [4.78, 5) is 9.09. The number of hydrogen-bond acceptors (Lipinski definition) is 3. The lowest BCUT2D eigenvalue weighted by Gasteiger charge is -2.16. The van der Waals surface area contributed by atoms with Gasteiger partial charge in [0.2, 0.25) is 0 Å². The van der Waals surface area contributed by atoms with E-state index in [1.54, 1.807) is 0 Å². The monoisotopic (exact) mass is 253 g/mol. The highest BCUT2D eigenvalue weighted by molar-refractivity contribution is 5.75. The molecule has 4 rings (SSSR count). The third-order valence-electron chi connectivity index (χ3n) is 4.42. The van der Waals surface area contributed by atoms with Crippen LogP contribution in [0, 0.1) is 17.8 Å². The molecule has 2 aliphatic carbocycles. The number of aromatic nitrogens is 2. The Morgan fingerprint density at radius 3 is 2.42 bits per heavy atom. The molecule has 1 N–H and O–H groups in total. The maximum atomic E-state index is 4.63. The zero-order valence-electron chi connectivity index (χ0n) is 11.0. The fourth-order valence-corrected chi connectivity index (χ4v) is 3.03. The summed E-state index contributed by atoms with van der Waals surface area (Å²) in [6.45, 7) is 1.07. The van der Waals surface area contributed by atoms with E-state index in [4.69, 9.17) is 0 Å². The number of hydrogen-bond donors (Lipinski definition) is 1. The van der Waals surface area contributed by atoms with Gasteiger partial charge in [0.25, 0.3) is 0 Å². The molecule has 1 aromatic carbocycles. The highest BCUT2D eigenvalue weighted by Gasteiger charge is 2.41. The van der Waals surface area contributed by atoms with Crippen LogP contribution in [0.3, 0.4) is 0 Å². The summed E-state index contributed by atoms with van der Waals surface area (Å²) in [7, 11) is 0. The predicted molar refractivity (Wildman–Crippen MR) is 77.0 cm³/mol. The van der Waals surface area contributed by atoms with Crippen molar-refractivity contribution in [1.82, 2.24) is 9.97 Å². The van der Waals surface area contributed by atoms with Gasteiger partial charge < -0.3 is 5.32 Å².